The maximum Gasteiger partial charge on any atom is 0.255 e. The van der Waals surface area contributed by atoms with Crippen molar-refractivity contribution in [3.63, 3.8) is 0 Å². The van der Waals surface area contributed by atoms with Gasteiger partial charge in [-0.25, -0.2) is 0 Å². The van der Waals surface area contributed by atoms with E-state index in [0.717, 1.165) is 53.7 Å². The summed E-state index contributed by atoms with van der Waals surface area (Å²) in [5.74, 6) is 1.64. The number of nitrogens with one attached hydrogen (secondary N) is 1. The summed E-state index contributed by atoms with van der Waals surface area (Å²) in [6.07, 6.45) is 8.72. The van der Waals surface area contributed by atoms with E-state index in [0.29, 0.717) is 0 Å². The Kier molecular flexibility index (Phi) is 3.45. The van der Waals surface area contributed by atoms with Gasteiger partial charge in [0, 0.05) is 17.1 Å². The first-order valence-corrected chi connectivity index (χ1v) is 8.63. The van der Waals surface area contributed by atoms with Crippen LogP contribution in [0.15, 0.2) is 29.2 Å². The van der Waals surface area contributed by atoms with Gasteiger partial charge in [-0.05, 0) is 80.5 Å². The molecule has 4 nitrogen and oxygen atoms in total. The lowest BCUT2D eigenvalue weighted by Crippen LogP contribution is -2.47. The van der Waals surface area contributed by atoms with E-state index in [2.05, 4.69) is 4.98 Å². The molecule has 0 bridgehead atoms. The second-order valence-electron chi connectivity index (χ2n) is 7.34. The zero-order chi connectivity index (χ0) is 16.0. The summed E-state index contributed by atoms with van der Waals surface area (Å²) < 4.78 is 6.26. The molecule has 2 aromatic rings. The van der Waals surface area contributed by atoms with Crippen LogP contribution in [0.5, 0.6) is 5.75 Å². The van der Waals surface area contributed by atoms with Gasteiger partial charge in [-0.15, -0.1) is 0 Å². The Bertz CT molecular complexity index is 784. The topological polar surface area (TPSA) is 68.1 Å². The molecule has 0 amide bonds. The molecule has 2 aliphatic rings. The molecule has 0 spiro atoms. The zero-order valence-corrected chi connectivity index (χ0v) is 13.6. The summed E-state index contributed by atoms with van der Waals surface area (Å²) in [6.45, 7) is 2.00. The average molecular weight is 312 g/mol. The first-order valence-electron chi connectivity index (χ1n) is 8.63. The number of nitrogens with two attached hydrogens (primary N) is 1. The Morgan fingerprint density at radius 1 is 1.22 bits per heavy atom. The van der Waals surface area contributed by atoms with Crippen LogP contribution >= 0.6 is 0 Å². The molecule has 0 saturated heterocycles. The number of ether oxygens (including phenoxy) is 1. The molecule has 4 rings (SSSR count). The molecule has 0 unspecified atom stereocenters. The van der Waals surface area contributed by atoms with Gasteiger partial charge in [-0.1, -0.05) is 0 Å². The molecule has 1 aromatic carbocycles. The van der Waals surface area contributed by atoms with Gasteiger partial charge >= 0.3 is 0 Å². The summed E-state index contributed by atoms with van der Waals surface area (Å²) in [6, 6.07) is 5.83. The maximum atomic E-state index is 11.9. The molecule has 0 radical (unpaired) electrons. The van der Waals surface area contributed by atoms with Crippen LogP contribution in [0.3, 0.4) is 0 Å². The monoisotopic (exact) mass is 312 g/mol. The molecule has 2 saturated carbocycles. The number of hydrogen-bond donors (Lipinski definition) is 2. The lowest BCUT2D eigenvalue weighted by atomic mass is 9.78. The molecule has 23 heavy (non-hydrogen) atoms. The van der Waals surface area contributed by atoms with Gasteiger partial charge in [0.1, 0.15) is 5.75 Å². The smallest absolute Gasteiger partial charge is 0.255 e. The van der Waals surface area contributed by atoms with Crippen LogP contribution in [0.2, 0.25) is 0 Å². The molecule has 122 valence electrons. The first-order chi connectivity index (χ1) is 11.0. The standard InChI is InChI=1S/C19H24N2O2/c1-12-10-16-13(6-9-21-18(16)22)11-17(12)23-15-4-7-19(20,8-5-15)14-2-3-14/h6,9-11,14-15H,2-5,7-8,20H2,1H3,(H,21,22). The molecular weight excluding hydrogens is 288 g/mol. The summed E-state index contributed by atoms with van der Waals surface area (Å²) in [4.78, 5) is 14.6. The second-order valence-corrected chi connectivity index (χ2v) is 7.34. The van der Waals surface area contributed by atoms with E-state index in [1.165, 1.54) is 12.8 Å². The van der Waals surface area contributed by atoms with Crippen LogP contribution in [-0.2, 0) is 0 Å². The van der Waals surface area contributed by atoms with Crippen LogP contribution in [0.25, 0.3) is 10.8 Å². The number of aromatic amines is 1. The van der Waals surface area contributed by atoms with Crippen molar-refractivity contribution < 1.29 is 4.74 Å². The van der Waals surface area contributed by atoms with E-state index >= 15 is 0 Å². The van der Waals surface area contributed by atoms with Crippen molar-refractivity contribution in [2.24, 2.45) is 11.7 Å². The van der Waals surface area contributed by atoms with Gasteiger partial charge in [0.15, 0.2) is 0 Å². The predicted molar refractivity (Wildman–Crippen MR) is 91.8 cm³/mol. The highest BCUT2D eigenvalue weighted by atomic mass is 16.5. The Morgan fingerprint density at radius 3 is 2.65 bits per heavy atom. The van der Waals surface area contributed by atoms with Crippen molar-refractivity contribution in [3.8, 4) is 5.75 Å². The van der Waals surface area contributed by atoms with Gasteiger partial charge in [0.2, 0.25) is 0 Å². The third-order valence-electron chi connectivity index (χ3n) is 5.62. The molecular formula is C19H24N2O2. The SMILES string of the molecule is Cc1cc2c(=O)[nH]ccc2cc1OC1CCC(N)(C2CC2)CC1. The van der Waals surface area contributed by atoms with Crippen LogP contribution in [0, 0.1) is 12.8 Å². The Labute approximate surface area is 136 Å². The lowest BCUT2D eigenvalue weighted by Gasteiger charge is -2.37. The van der Waals surface area contributed by atoms with Crippen molar-refractivity contribution >= 4 is 10.8 Å². The van der Waals surface area contributed by atoms with Crippen molar-refractivity contribution in [2.75, 3.05) is 0 Å². The van der Waals surface area contributed by atoms with Crippen molar-refractivity contribution in [2.45, 2.75) is 57.1 Å². The fraction of sp³-hybridized carbons (Fsp3) is 0.526. The first kappa shape index (κ1) is 14.8. The minimum absolute atomic E-state index is 0.0489. The third kappa shape index (κ3) is 2.76. The third-order valence-corrected chi connectivity index (χ3v) is 5.62. The molecule has 3 N–H and O–H groups in total. The summed E-state index contributed by atoms with van der Waals surface area (Å²) in [5, 5.41) is 1.65. The molecule has 2 aliphatic carbocycles. The quantitative estimate of drug-likeness (QED) is 0.914. The number of H-pyrrole nitrogens is 1. The Hall–Kier alpha value is -1.81. The molecule has 4 heteroatoms. The highest BCUT2D eigenvalue weighted by Gasteiger charge is 2.44. The summed E-state index contributed by atoms with van der Waals surface area (Å²) in [7, 11) is 0. The van der Waals surface area contributed by atoms with Crippen LogP contribution < -0.4 is 16.0 Å². The number of benzene rings is 1. The summed E-state index contributed by atoms with van der Waals surface area (Å²) in [5.41, 5.74) is 7.57. The van der Waals surface area contributed by atoms with Gasteiger partial charge < -0.3 is 15.5 Å². The molecule has 1 heterocycles. The fourth-order valence-corrected chi connectivity index (χ4v) is 3.94. The van der Waals surface area contributed by atoms with Crippen LogP contribution in [-0.4, -0.2) is 16.6 Å². The van der Waals surface area contributed by atoms with E-state index in [1.807, 2.05) is 25.1 Å². The summed E-state index contributed by atoms with van der Waals surface area (Å²) >= 11 is 0. The number of aryl methyl sites for hydroxylation is 1. The van der Waals surface area contributed by atoms with E-state index in [9.17, 15) is 4.79 Å². The van der Waals surface area contributed by atoms with Gasteiger partial charge in [0.25, 0.3) is 5.56 Å². The van der Waals surface area contributed by atoms with Crippen LogP contribution in [0.4, 0.5) is 0 Å². The predicted octanol–water partition coefficient (Wildman–Crippen LogP) is 3.27. The van der Waals surface area contributed by atoms with E-state index in [-0.39, 0.29) is 17.2 Å². The number of rotatable bonds is 3. The lowest BCUT2D eigenvalue weighted by molar-refractivity contribution is 0.109. The van der Waals surface area contributed by atoms with E-state index < -0.39 is 0 Å². The van der Waals surface area contributed by atoms with Crippen LogP contribution in [0.1, 0.15) is 44.1 Å². The molecule has 2 fully saturated rings. The number of pyridine rings is 1. The normalized spacial score (nSPS) is 28.0. The van der Waals surface area contributed by atoms with Crippen molar-refractivity contribution in [1.82, 2.24) is 4.98 Å². The highest BCUT2D eigenvalue weighted by molar-refractivity contribution is 5.83. The van der Waals surface area contributed by atoms with Crippen molar-refractivity contribution in [1.29, 1.82) is 0 Å². The minimum Gasteiger partial charge on any atom is -0.490 e. The second kappa shape index (κ2) is 5.38. The largest absolute Gasteiger partial charge is 0.490 e. The number of fused-ring (bicyclic) bond motifs is 1. The molecule has 1 aromatic heterocycles. The molecule has 0 atom stereocenters. The highest BCUT2D eigenvalue weighted by Crippen LogP contribution is 2.46. The number of hydrogen-bond acceptors (Lipinski definition) is 3. The number of aromatic nitrogens is 1. The van der Waals surface area contributed by atoms with Gasteiger partial charge in [-0.2, -0.15) is 0 Å². The zero-order valence-electron chi connectivity index (χ0n) is 13.6. The minimum atomic E-state index is -0.0489. The van der Waals surface area contributed by atoms with E-state index in [1.54, 1.807) is 6.20 Å². The van der Waals surface area contributed by atoms with E-state index in [4.69, 9.17) is 10.5 Å². The fourth-order valence-electron chi connectivity index (χ4n) is 3.94. The Morgan fingerprint density at radius 2 is 1.96 bits per heavy atom. The van der Waals surface area contributed by atoms with Gasteiger partial charge in [0.05, 0.1) is 6.10 Å². The molecule has 0 aliphatic heterocycles. The van der Waals surface area contributed by atoms with Gasteiger partial charge in [-0.3, -0.25) is 4.79 Å². The Balaban J connectivity index is 1.52. The van der Waals surface area contributed by atoms with Crippen molar-refractivity contribution in [3.05, 3.63) is 40.3 Å². The average Bonchev–Trinajstić information content (AvgIpc) is 3.37. The maximum absolute atomic E-state index is 11.9.